The summed E-state index contributed by atoms with van der Waals surface area (Å²) in [5.74, 6) is -0.151. The second kappa shape index (κ2) is 5.76. The summed E-state index contributed by atoms with van der Waals surface area (Å²) in [5.41, 5.74) is -0.287. The van der Waals surface area contributed by atoms with Gasteiger partial charge in [-0.3, -0.25) is 14.9 Å². The molecule has 1 saturated heterocycles. The van der Waals surface area contributed by atoms with Crippen molar-refractivity contribution in [2.45, 2.75) is 19.8 Å². The number of carbonyl (C=O) groups is 1. The van der Waals surface area contributed by atoms with Crippen molar-refractivity contribution in [1.29, 1.82) is 0 Å². The lowest BCUT2D eigenvalue weighted by Gasteiger charge is -2.32. The number of hydrogen-bond acceptors (Lipinski definition) is 4. The summed E-state index contributed by atoms with van der Waals surface area (Å²) in [6, 6.07) is 4.01. The molecule has 108 valence electrons. The normalized spacial score (nSPS) is 17.5. The lowest BCUT2D eigenvalue weighted by atomic mass is 9.80. The largest absolute Gasteiger partial charge is 0.324 e. The predicted octanol–water partition coefficient (Wildman–Crippen LogP) is 2.58. The van der Waals surface area contributed by atoms with Gasteiger partial charge in [-0.15, -0.1) is 0 Å². The number of benzene rings is 1. The number of nitro benzene ring substituents is 1. The number of hydrogen-bond donors (Lipinski definition) is 2. The summed E-state index contributed by atoms with van der Waals surface area (Å²) >= 11 is 5.98. The molecule has 1 heterocycles. The van der Waals surface area contributed by atoms with Gasteiger partial charge in [0, 0.05) is 17.5 Å². The first-order chi connectivity index (χ1) is 9.42. The molecule has 1 amide bonds. The Morgan fingerprint density at radius 3 is 2.70 bits per heavy atom. The van der Waals surface area contributed by atoms with Crippen LogP contribution in [0.4, 0.5) is 11.4 Å². The second-order valence-electron chi connectivity index (χ2n) is 5.19. The van der Waals surface area contributed by atoms with Gasteiger partial charge in [0.2, 0.25) is 5.91 Å². The van der Waals surface area contributed by atoms with Gasteiger partial charge in [0.05, 0.1) is 15.6 Å². The molecule has 7 heteroatoms. The van der Waals surface area contributed by atoms with Crippen molar-refractivity contribution >= 4 is 28.9 Å². The Labute approximate surface area is 121 Å². The van der Waals surface area contributed by atoms with Crippen molar-refractivity contribution in [3.63, 3.8) is 0 Å². The molecule has 1 aromatic rings. The van der Waals surface area contributed by atoms with E-state index in [1.807, 2.05) is 6.92 Å². The third-order valence-electron chi connectivity index (χ3n) is 3.66. The molecule has 0 bridgehead atoms. The molecular weight excluding hydrogens is 282 g/mol. The van der Waals surface area contributed by atoms with Crippen LogP contribution in [-0.2, 0) is 4.79 Å². The first-order valence-electron chi connectivity index (χ1n) is 6.38. The molecule has 0 radical (unpaired) electrons. The summed E-state index contributed by atoms with van der Waals surface area (Å²) in [6.07, 6.45) is 1.46. The molecule has 0 atom stereocenters. The minimum Gasteiger partial charge on any atom is -0.324 e. The van der Waals surface area contributed by atoms with Crippen LogP contribution in [0.1, 0.15) is 19.8 Å². The van der Waals surface area contributed by atoms with Crippen molar-refractivity contribution in [2.24, 2.45) is 5.41 Å². The minimum atomic E-state index is -0.516. The van der Waals surface area contributed by atoms with E-state index >= 15 is 0 Å². The summed E-state index contributed by atoms with van der Waals surface area (Å²) < 4.78 is 0. The highest BCUT2D eigenvalue weighted by Gasteiger charge is 2.34. The molecule has 0 aromatic heterocycles. The van der Waals surface area contributed by atoms with Crippen LogP contribution in [0.15, 0.2) is 18.2 Å². The number of nitrogens with one attached hydrogen (secondary N) is 2. The van der Waals surface area contributed by atoms with Crippen LogP contribution in [0, 0.1) is 15.5 Å². The first kappa shape index (κ1) is 14.7. The van der Waals surface area contributed by atoms with Gasteiger partial charge in [-0.1, -0.05) is 18.5 Å². The van der Waals surface area contributed by atoms with Gasteiger partial charge in [0.15, 0.2) is 0 Å². The third kappa shape index (κ3) is 3.08. The molecule has 20 heavy (non-hydrogen) atoms. The van der Waals surface area contributed by atoms with Crippen LogP contribution in [0.3, 0.4) is 0 Å². The maximum Gasteiger partial charge on any atom is 0.271 e. The molecule has 0 spiro atoms. The summed E-state index contributed by atoms with van der Waals surface area (Å²) in [6.45, 7) is 3.47. The fraction of sp³-hybridized carbons (Fsp3) is 0.462. The predicted molar refractivity (Wildman–Crippen MR) is 76.9 cm³/mol. The highest BCUT2D eigenvalue weighted by Crippen LogP contribution is 2.32. The molecule has 0 unspecified atom stereocenters. The average molecular weight is 298 g/mol. The standard InChI is InChI=1S/C13H16ClN3O3/c1-13(4-6-15-7-5-13)12(18)16-11-8-9(17(19)20)2-3-10(11)14/h2-3,8,15H,4-7H2,1H3,(H,16,18). The Bertz CT molecular complexity index is 542. The smallest absolute Gasteiger partial charge is 0.271 e. The van der Waals surface area contributed by atoms with E-state index in [2.05, 4.69) is 10.6 Å². The molecule has 1 fully saturated rings. The third-order valence-corrected chi connectivity index (χ3v) is 3.99. The molecule has 2 rings (SSSR count). The zero-order chi connectivity index (χ0) is 14.8. The van der Waals surface area contributed by atoms with Gasteiger partial charge >= 0.3 is 0 Å². The topological polar surface area (TPSA) is 84.3 Å². The molecule has 1 aliphatic heterocycles. The Balaban J connectivity index is 2.18. The van der Waals surface area contributed by atoms with Crippen molar-refractivity contribution < 1.29 is 9.72 Å². The highest BCUT2D eigenvalue weighted by atomic mass is 35.5. The van der Waals surface area contributed by atoms with Crippen molar-refractivity contribution in [2.75, 3.05) is 18.4 Å². The van der Waals surface area contributed by atoms with E-state index in [1.54, 1.807) is 0 Å². The highest BCUT2D eigenvalue weighted by molar-refractivity contribution is 6.33. The molecule has 1 aromatic carbocycles. The molecule has 0 saturated carbocycles. The SMILES string of the molecule is CC1(C(=O)Nc2cc([N+](=O)[O-])ccc2Cl)CCNCC1. The van der Waals surface area contributed by atoms with Crippen molar-refractivity contribution in [3.8, 4) is 0 Å². The van der Waals surface area contributed by atoms with Gasteiger partial charge in [-0.05, 0) is 32.0 Å². The van der Waals surface area contributed by atoms with Gasteiger partial charge in [-0.25, -0.2) is 0 Å². The second-order valence-corrected chi connectivity index (χ2v) is 5.59. The number of carbonyl (C=O) groups excluding carboxylic acids is 1. The van der Waals surface area contributed by atoms with E-state index in [9.17, 15) is 14.9 Å². The summed E-state index contributed by atoms with van der Waals surface area (Å²) in [4.78, 5) is 22.6. The van der Waals surface area contributed by atoms with Crippen molar-refractivity contribution in [3.05, 3.63) is 33.3 Å². The van der Waals surface area contributed by atoms with Crippen LogP contribution < -0.4 is 10.6 Å². The van der Waals surface area contributed by atoms with Crippen molar-refractivity contribution in [1.82, 2.24) is 5.32 Å². The fourth-order valence-corrected chi connectivity index (χ4v) is 2.37. The average Bonchev–Trinajstić information content (AvgIpc) is 2.41. The van der Waals surface area contributed by atoms with E-state index in [4.69, 9.17) is 11.6 Å². The van der Waals surface area contributed by atoms with Gasteiger partial charge in [-0.2, -0.15) is 0 Å². The quantitative estimate of drug-likeness (QED) is 0.663. The Hall–Kier alpha value is -1.66. The van der Waals surface area contributed by atoms with E-state index < -0.39 is 10.3 Å². The van der Waals surface area contributed by atoms with E-state index in [0.29, 0.717) is 5.02 Å². The van der Waals surface area contributed by atoms with Gasteiger partial charge in [0.25, 0.3) is 5.69 Å². The van der Waals surface area contributed by atoms with Crippen LogP contribution in [0.25, 0.3) is 0 Å². The number of piperidine rings is 1. The van der Waals surface area contributed by atoms with Crippen LogP contribution in [-0.4, -0.2) is 23.9 Å². The van der Waals surface area contributed by atoms with Gasteiger partial charge in [0.1, 0.15) is 0 Å². The Morgan fingerprint density at radius 1 is 1.45 bits per heavy atom. The van der Waals surface area contributed by atoms with Crippen LogP contribution in [0.2, 0.25) is 5.02 Å². The summed E-state index contributed by atoms with van der Waals surface area (Å²) in [7, 11) is 0. The van der Waals surface area contributed by atoms with E-state index in [1.165, 1.54) is 18.2 Å². The lowest BCUT2D eigenvalue weighted by molar-refractivity contribution is -0.384. The number of rotatable bonds is 3. The summed E-state index contributed by atoms with van der Waals surface area (Å²) in [5, 5.41) is 17.0. The Morgan fingerprint density at radius 2 is 2.10 bits per heavy atom. The zero-order valence-corrected chi connectivity index (χ0v) is 11.9. The Kier molecular flexibility index (Phi) is 4.25. The fourth-order valence-electron chi connectivity index (χ4n) is 2.20. The number of nitro groups is 1. The number of non-ortho nitro benzene ring substituents is 1. The minimum absolute atomic E-state index is 0.0971. The monoisotopic (exact) mass is 297 g/mol. The maximum absolute atomic E-state index is 12.4. The molecule has 1 aliphatic rings. The number of halogens is 1. The zero-order valence-electron chi connectivity index (χ0n) is 11.1. The maximum atomic E-state index is 12.4. The number of nitrogens with zero attached hydrogens (tertiary/aromatic N) is 1. The van der Waals surface area contributed by atoms with Gasteiger partial charge < -0.3 is 10.6 Å². The number of anilines is 1. The molecule has 6 nitrogen and oxygen atoms in total. The molecule has 2 N–H and O–H groups in total. The van der Waals surface area contributed by atoms with E-state index in [-0.39, 0.29) is 17.3 Å². The lowest BCUT2D eigenvalue weighted by Crippen LogP contribution is -2.42. The van der Waals surface area contributed by atoms with Crippen LogP contribution in [0.5, 0.6) is 0 Å². The first-order valence-corrected chi connectivity index (χ1v) is 6.76. The molecule has 0 aliphatic carbocycles. The van der Waals surface area contributed by atoms with Crippen LogP contribution >= 0.6 is 11.6 Å². The molecular formula is C13H16ClN3O3. The number of amides is 1. The van der Waals surface area contributed by atoms with E-state index in [0.717, 1.165) is 25.9 Å².